The van der Waals surface area contributed by atoms with Gasteiger partial charge in [0.1, 0.15) is 5.41 Å². The molecule has 1 unspecified atom stereocenters. The third-order valence-electron chi connectivity index (χ3n) is 2.16. The Hall–Kier alpha value is -1.10. The standard InChI is InChI=1S/C9H16O4.C4H12N/c1-4-9(7(10)11,8(12)13)5-6(2)3;1-5(2,3)4/h6H,4-5H2,1-3H3,(H,10,11)(H,12,13);1-4H3/q;+1/p-1. The molecule has 5 heteroatoms. The lowest BCUT2D eigenvalue weighted by Crippen LogP contribution is -2.48. The summed E-state index contributed by atoms with van der Waals surface area (Å²) in [6.07, 6.45) is 0.171. The van der Waals surface area contributed by atoms with Gasteiger partial charge in [0.25, 0.3) is 0 Å². The Morgan fingerprint density at radius 2 is 1.56 bits per heavy atom. The molecule has 0 aliphatic rings. The second-order valence-electron chi connectivity index (χ2n) is 6.31. The van der Waals surface area contributed by atoms with E-state index in [1.54, 1.807) is 20.8 Å². The minimum Gasteiger partial charge on any atom is -0.549 e. The van der Waals surface area contributed by atoms with Crippen LogP contribution < -0.4 is 5.11 Å². The molecule has 1 atom stereocenters. The van der Waals surface area contributed by atoms with Crippen molar-refractivity contribution < 1.29 is 24.3 Å². The lowest BCUT2D eigenvalue weighted by molar-refractivity contribution is -0.849. The van der Waals surface area contributed by atoms with Gasteiger partial charge in [-0.3, -0.25) is 4.79 Å². The number of carbonyl (C=O) groups excluding carboxylic acids is 1. The van der Waals surface area contributed by atoms with E-state index < -0.39 is 17.4 Å². The van der Waals surface area contributed by atoms with E-state index in [-0.39, 0.29) is 18.8 Å². The summed E-state index contributed by atoms with van der Waals surface area (Å²) in [7, 11) is 8.50. The zero-order valence-corrected chi connectivity index (χ0v) is 12.6. The monoisotopic (exact) mass is 261 g/mol. The lowest BCUT2D eigenvalue weighted by atomic mass is 9.78. The van der Waals surface area contributed by atoms with E-state index in [2.05, 4.69) is 28.2 Å². The quantitative estimate of drug-likeness (QED) is 0.580. The third kappa shape index (κ3) is 8.06. The summed E-state index contributed by atoms with van der Waals surface area (Å²) in [5.74, 6) is -2.77. The second-order valence-corrected chi connectivity index (χ2v) is 6.31. The van der Waals surface area contributed by atoms with Crippen molar-refractivity contribution in [1.82, 2.24) is 0 Å². The predicted molar refractivity (Wildman–Crippen MR) is 68.8 cm³/mol. The normalized spacial score (nSPS) is 14.4. The highest BCUT2D eigenvalue weighted by molar-refractivity contribution is 5.97. The summed E-state index contributed by atoms with van der Waals surface area (Å²) in [6, 6.07) is 0. The molecule has 0 aromatic carbocycles. The summed E-state index contributed by atoms with van der Waals surface area (Å²) in [5.41, 5.74) is -1.71. The van der Waals surface area contributed by atoms with Crippen LogP contribution in [0.5, 0.6) is 0 Å². The molecule has 0 heterocycles. The Kier molecular flexibility index (Phi) is 7.87. The number of nitrogens with zero attached hydrogens (tertiary/aromatic N) is 1. The number of quaternary nitrogens is 1. The molecule has 0 aromatic rings. The summed E-state index contributed by atoms with van der Waals surface area (Å²) in [5, 5.41) is 19.6. The predicted octanol–water partition coefficient (Wildman–Crippen LogP) is 0.586. The van der Waals surface area contributed by atoms with Gasteiger partial charge in [0.15, 0.2) is 0 Å². The van der Waals surface area contributed by atoms with Crippen LogP contribution in [0.25, 0.3) is 0 Å². The molecular formula is C13H27NO4. The Balaban J connectivity index is 0. The van der Waals surface area contributed by atoms with Crippen molar-refractivity contribution in [3.63, 3.8) is 0 Å². The van der Waals surface area contributed by atoms with Gasteiger partial charge in [-0.25, -0.2) is 0 Å². The molecule has 0 fully saturated rings. The highest BCUT2D eigenvalue weighted by atomic mass is 16.4. The number of carbonyl (C=O) groups is 2. The van der Waals surface area contributed by atoms with Gasteiger partial charge in [-0.15, -0.1) is 0 Å². The SMILES string of the molecule is CCC(CC(C)C)(C(=O)[O-])C(=O)O.C[N+](C)(C)C. The van der Waals surface area contributed by atoms with Gasteiger partial charge in [-0.1, -0.05) is 20.8 Å². The highest BCUT2D eigenvalue weighted by Gasteiger charge is 2.38. The molecular weight excluding hydrogens is 234 g/mol. The average Bonchev–Trinajstić information content (AvgIpc) is 2.09. The molecule has 1 N–H and O–H groups in total. The van der Waals surface area contributed by atoms with Gasteiger partial charge in [-0.05, 0) is 18.8 Å². The summed E-state index contributed by atoms with van der Waals surface area (Å²) >= 11 is 0. The van der Waals surface area contributed by atoms with E-state index in [0.29, 0.717) is 0 Å². The molecule has 0 aromatic heterocycles. The van der Waals surface area contributed by atoms with Gasteiger partial charge in [0.05, 0.1) is 34.2 Å². The van der Waals surface area contributed by atoms with Gasteiger partial charge in [0.2, 0.25) is 0 Å². The molecule has 18 heavy (non-hydrogen) atoms. The van der Waals surface area contributed by atoms with Crippen molar-refractivity contribution >= 4 is 11.9 Å². The van der Waals surface area contributed by atoms with Crippen LogP contribution in [0.15, 0.2) is 0 Å². The van der Waals surface area contributed by atoms with Crippen molar-refractivity contribution in [2.75, 3.05) is 28.2 Å². The topological polar surface area (TPSA) is 77.4 Å². The smallest absolute Gasteiger partial charge is 0.315 e. The van der Waals surface area contributed by atoms with E-state index in [1.807, 2.05) is 0 Å². The van der Waals surface area contributed by atoms with Crippen molar-refractivity contribution in [2.45, 2.75) is 33.6 Å². The fourth-order valence-corrected chi connectivity index (χ4v) is 1.39. The summed E-state index contributed by atoms with van der Waals surface area (Å²) in [4.78, 5) is 21.5. The number of carboxylic acids is 2. The first-order chi connectivity index (χ1) is 7.86. The van der Waals surface area contributed by atoms with Crippen LogP contribution in [0.4, 0.5) is 0 Å². The number of rotatable bonds is 5. The average molecular weight is 261 g/mol. The van der Waals surface area contributed by atoms with E-state index >= 15 is 0 Å². The maximum Gasteiger partial charge on any atom is 0.315 e. The van der Waals surface area contributed by atoms with Crippen LogP contribution in [0.1, 0.15) is 33.6 Å². The molecule has 0 amide bonds. The van der Waals surface area contributed by atoms with Crippen LogP contribution in [0.2, 0.25) is 0 Å². The van der Waals surface area contributed by atoms with Crippen molar-refractivity contribution in [3.8, 4) is 0 Å². The lowest BCUT2D eigenvalue weighted by Gasteiger charge is -2.30. The molecule has 0 aliphatic heterocycles. The third-order valence-corrected chi connectivity index (χ3v) is 2.16. The van der Waals surface area contributed by atoms with E-state index in [0.717, 1.165) is 4.48 Å². The minimum absolute atomic E-state index is 0.0222. The van der Waals surface area contributed by atoms with Gasteiger partial charge in [0, 0.05) is 0 Å². The molecule has 0 saturated heterocycles. The van der Waals surface area contributed by atoms with Gasteiger partial charge in [-0.2, -0.15) is 0 Å². The molecule has 0 radical (unpaired) electrons. The zero-order valence-electron chi connectivity index (χ0n) is 12.6. The van der Waals surface area contributed by atoms with E-state index in [9.17, 15) is 14.7 Å². The molecule has 0 bridgehead atoms. The fourth-order valence-electron chi connectivity index (χ4n) is 1.39. The first-order valence-electron chi connectivity index (χ1n) is 6.10. The van der Waals surface area contributed by atoms with Crippen molar-refractivity contribution in [2.24, 2.45) is 11.3 Å². The largest absolute Gasteiger partial charge is 0.549 e. The van der Waals surface area contributed by atoms with Crippen LogP contribution in [-0.2, 0) is 9.59 Å². The Morgan fingerprint density at radius 1 is 1.22 bits per heavy atom. The zero-order chi connectivity index (χ0) is 15.1. The highest BCUT2D eigenvalue weighted by Crippen LogP contribution is 2.30. The Bertz CT molecular complexity index is 259. The molecule has 108 valence electrons. The van der Waals surface area contributed by atoms with E-state index in [1.165, 1.54) is 0 Å². The van der Waals surface area contributed by atoms with Crippen LogP contribution in [0.3, 0.4) is 0 Å². The van der Waals surface area contributed by atoms with Crippen molar-refractivity contribution in [1.29, 1.82) is 0 Å². The number of carboxylic acid groups (broad SMARTS) is 2. The molecule has 0 saturated carbocycles. The maximum absolute atomic E-state index is 10.8. The Morgan fingerprint density at radius 3 is 1.61 bits per heavy atom. The molecule has 5 nitrogen and oxygen atoms in total. The summed E-state index contributed by atoms with van der Waals surface area (Å²) in [6.45, 7) is 5.12. The number of hydrogen-bond donors (Lipinski definition) is 1. The first-order valence-corrected chi connectivity index (χ1v) is 6.10. The van der Waals surface area contributed by atoms with E-state index in [4.69, 9.17) is 5.11 Å². The molecule has 0 aliphatic carbocycles. The van der Waals surface area contributed by atoms with Gasteiger partial charge >= 0.3 is 5.97 Å². The molecule has 0 rings (SSSR count). The van der Waals surface area contributed by atoms with Crippen LogP contribution in [-0.4, -0.2) is 49.7 Å². The number of aliphatic carboxylic acids is 2. The van der Waals surface area contributed by atoms with Crippen molar-refractivity contribution in [3.05, 3.63) is 0 Å². The number of hydrogen-bond acceptors (Lipinski definition) is 3. The molecule has 0 spiro atoms. The maximum atomic E-state index is 10.8. The van der Waals surface area contributed by atoms with Crippen LogP contribution >= 0.6 is 0 Å². The van der Waals surface area contributed by atoms with Crippen LogP contribution in [0, 0.1) is 11.3 Å². The minimum atomic E-state index is -1.71. The Labute approximate surface area is 110 Å². The van der Waals surface area contributed by atoms with Gasteiger partial charge < -0.3 is 19.5 Å². The second kappa shape index (κ2) is 7.36. The summed E-state index contributed by atoms with van der Waals surface area (Å²) < 4.78 is 1.00. The first kappa shape index (κ1) is 19.2. The fraction of sp³-hybridized carbons (Fsp3) is 0.846.